The number of rotatable bonds is 2. The van der Waals surface area contributed by atoms with E-state index in [0.29, 0.717) is 11.6 Å². The molecule has 1 aliphatic rings. The third-order valence-corrected chi connectivity index (χ3v) is 2.59. The van der Waals surface area contributed by atoms with Crippen molar-refractivity contribution in [1.82, 2.24) is 4.90 Å². The molecule has 1 saturated heterocycles. The van der Waals surface area contributed by atoms with Crippen molar-refractivity contribution < 1.29 is 0 Å². The number of hydrogen-bond acceptors (Lipinski definition) is 2. The molecule has 0 aliphatic carbocycles. The smallest absolute Gasteiger partial charge is 0.0981 e. The van der Waals surface area contributed by atoms with Crippen molar-refractivity contribution in [2.45, 2.75) is 18.9 Å². The number of hydrogen-bond donors (Lipinski definition) is 0. The van der Waals surface area contributed by atoms with E-state index in [1.54, 1.807) is 0 Å². The second-order valence-electron chi connectivity index (χ2n) is 2.81. The van der Waals surface area contributed by atoms with E-state index in [-0.39, 0.29) is 6.04 Å². The predicted octanol–water partition coefficient (Wildman–Crippen LogP) is 2.29. The van der Waals surface area contributed by atoms with Crippen LogP contribution in [0, 0.1) is 11.3 Å². The maximum atomic E-state index is 8.73. The van der Waals surface area contributed by atoms with Crippen molar-refractivity contribution in [1.29, 1.82) is 5.26 Å². The van der Waals surface area contributed by atoms with Crippen LogP contribution in [-0.2, 0) is 0 Å². The fourth-order valence-electron chi connectivity index (χ4n) is 1.39. The molecule has 66 valence electrons. The van der Waals surface area contributed by atoms with Crippen LogP contribution >= 0.6 is 23.2 Å². The largest absolute Gasteiger partial charge is 0.283 e. The maximum absolute atomic E-state index is 8.73. The van der Waals surface area contributed by atoms with Crippen LogP contribution in [-0.4, -0.2) is 24.0 Å². The SMILES string of the molecule is N#CC1CCCN1CC(Cl)=CCl. The van der Waals surface area contributed by atoms with Gasteiger partial charge in [-0.1, -0.05) is 23.2 Å². The maximum Gasteiger partial charge on any atom is 0.0981 e. The van der Waals surface area contributed by atoms with Gasteiger partial charge in [0.1, 0.15) is 0 Å². The summed E-state index contributed by atoms with van der Waals surface area (Å²) in [6.07, 6.45) is 2.02. The second kappa shape index (κ2) is 4.71. The minimum absolute atomic E-state index is 0.0235. The summed E-state index contributed by atoms with van der Waals surface area (Å²) in [5, 5.41) is 9.33. The molecule has 1 aliphatic heterocycles. The molecular formula is C8H10Cl2N2. The number of nitriles is 1. The standard InChI is InChI=1S/C8H10Cl2N2/c9-4-7(10)6-12-3-1-2-8(12)5-11/h4,8H,1-3,6H2. The second-order valence-corrected chi connectivity index (χ2v) is 3.52. The van der Waals surface area contributed by atoms with Gasteiger partial charge in [-0.15, -0.1) is 0 Å². The van der Waals surface area contributed by atoms with E-state index >= 15 is 0 Å². The van der Waals surface area contributed by atoms with Gasteiger partial charge in [-0.3, -0.25) is 4.90 Å². The van der Waals surface area contributed by atoms with E-state index in [2.05, 4.69) is 6.07 Å². The minimum atomic E-state index is 0.0235. The molecule has 2 nitrogen and oxygen atoms in total. The molecule has 0 aromatic heterocycles. The molecule has 0 spiro atoms. The van der Waals surface area contributed by atoms with Gasteiger partial charge in [-0.25, -0.2) is 0 Å². The van der Waals surface area contributed by atoms with E-state index in [1.807, 2.05) is 4.90 Å². The van der Waals surface area contributed by atoms with E-state index in [4.69, 9.17) is 28.5 Å². The molecule has 1 unspecified atom stereocenters. The average Bonchev–Trinajstić information content (AvgIpc) is 2.51. The summed E-state index contributed by atoms with van der Waals surface area (Å²) in [4.78, 5) is 2.04. The molecule has 0 aromatic carbocycles. The molecule has 0 radical (unpaired) electrons. The van der Waals surface area contributed by atoms with Gasteiger partial charge in [0.25, 0.3) is 0 Å². The highest BCUT2D eigenvalue weighted by Crippen LogP contribution is 2.19. The molecule has 0 aromatic rings. The Hall–Kier alpha value is -0.230. The molecule has 1 rings (SSSR count). The number of nitrogens with zero attached hydrogens (tertiary/aromatic N) is 2. The molecule has 0 saturated carbocycles. The highest BCUT2D eigenvalue weighted by Gasteiger charge is 2.23. The number of halogens is 2. The quantitative estimate of drug-likeness (QED) is 0.691. The van der Waals surface area contributed by atoms with Crippen molar-refractivity contribution in [2.24, 2.45) is 0 Å². The topological polar surface area (TPSA) is 27.0 Å². The van der Waals surface area contributed by atoms with Gasteiger partial charge in [-0.05, 0) is 19.4 Å². The molecule has 0 bridgehead atoms. The Labute approximate surface area is 82.4 Å². The van der Waals surface area contributed by atoms with Crippen LogP contribution in [0.5, 0.6) is 0 Å². The fraction of sp³-hybridized carbons (Fsp3) is 0.625. The predicted molar refractivity (Wildman–Crippen MR) is 50.0 cm³/mol. The van der Waals surface area contributed by atoms with Crippen molar-refractivity contribution >= 4 is 23.2 Å². The summed E-state index contributed by atoms with van der Waals surface area (Å²) in [5.41, 5.74) is 1.36. The van der Waals surface area contributed by atoms with Crippen molar-refractivity contribution in [3.63, 3.8) is 0 Å². The lowest BCUT2D eigenvalue weighted by atomic mass is 10.2. The molecule has 0 amide bonds. The third-order valence-electron chi connectivity index (χ3n) is 1.99. The highest BCUT2D eigenvalue weighted by atomic mass is 35.5. The highest BCUT2D eigenvalue weighted by molar-refractivity contribution is 6.36. The lowest BCUT2D eigenvalue weighted by Gasteiger charge is -2.17. The van der Waals surface area contributed by atoms with Gasteiger partial charge in [0.15, 0.2) is 0 Å². The monoisotopic (exact) mass is 204 g/mol. The van der Waals surface area contributed by atoms with Gasteiger partial charge in [-0.2, -0.15) is 5.26 Å². The van der Waals surface area contributed by atoms with Gasteiger partial charge in [0.2, 0.25) is 0 Å². The Balaban J connectivity index is 2.47. The lowest BCUT2D eigenvalue weighted by molar-refractivity contribution is 0.325. The first kappa shape index (κ1) is 9.85. The first-order valence-corrected chi connectivity index (χ1v) is 4.68. The van der Waals surface area contributed by atoms with E-state index in [1.165, 1.54) is 5.54 Å². The van der Waals surface area contributed by atoms with Crippen molar-refractivity contribution in [3.05, 3.63) is 10.6 Å². The van der Waals surface area contributed by atoms with E-state index in [9.17, 15) is 0 Å². The van der Waals surface area contributed by atoms with Crippen LogP contribution < -0.4 is 0 Å². The molecular weight excluding hydrogens is 195 g/mol. The summed E-state index contributed by atoms with van der Waals surface area (Å²) in [7, 11) is 0. The molecule has 1 heterocycles. The Bertz CT molecular complexity index is 220. The number of likely N-dealkylation sites (tertiary alicyclic amines) is 1. The van der Waals surface area contributed by atoms with Crippen LogP contribution in [0.4, 0.5) is 0 Å². The summed E-state index contributed by atoms with van der Waals surface area (Å²) in [6.45, 7) is 1.54. The summed E-state index contributed by atoms with van der Waals surface area (Å²) < 4.78 is 0. The molecule has 1 atom stereocenters. The normalized spacial score (nSPS) is 25.8. The zero-order valence-corrected chi connectivity index (χ0v) is 8.15. The van der Waals surface area contributed by atoms with Gasteiger partial charge < -0.3 is 0 Å². The van der Waals surface area contributed by atoms with Crippen molar-refractivity contribution in [3.8, 4) is 6.07 Å². The van der Waals surface area contributed by atoms with Gasteiger partial charge >= 0.3 is 0 Å². The summed E-state index contributed by atoms with van der Waals surface area (Å²) >= 11 is 11.2. The van der Waals surface area contributed by atoms with Crippen LogP contribution in [0.1, 0.15) is 12.8 Å². The summed E-state index contributed by atoms with van der Waals surface area (Å²) in [6, 6.07) is 2.26. The Morgan fingerprint density at radius 2 is 2.50 bits per heavy atom. The zero-order chi connectivity index (χ0) is 8.97. The van der Waals surface area contributed by atoms with Crippen LogP contribution in [0.2, 0.25) is 0 Å². The third kappa shape index (κ3) is 2.38. The summed E-state index contributed by atoms with van der Waals surface area (Å²) in [5.74, 6) is 0. The molecule has 4 heteroatoms. The van der Waals surface area contributed by atoms with Gasteiger partial charge in [0, 0.05) is 17.1 Å². The fourth-order valence-corrected chi connectivity index (χ4v) is 1.61. The first-order chi connectivity index (χ1) is 5.77. The molecule has 1 fully saturated rings. The van der Waals surface area contributed by atoms with Crippen molar-refractivity contribution in [2.75, 3.05) is 13.1 Å². The Morgan fingerprint density at radius 1 is 1.75 bits per heavy atom. The Kier molecular flexibility index (Phi) is 3.87. The van der Waals surface area contributed by atoms with E-state index in [0.717, 1.165) is 19.4 Å². The van der Waals surface area contributed by atoms with Gasteiger partial charge in [0.05, 0.1) is 12.1 Å². The van der Waals surface area contributed by atoms with Crippen LogP contribution in [0.25, 0.3) is 0 Å². The molecule has 0 N–H and O–H groups in total. The zero-order valence-electron chi connectivity index (χ0n) is 6.63. The first-order valence-electron chi connectivity index (χ1n) is 3.86. The lowest BCUT2D eigenvalue weighted by Crippen LogP contribution is -2.29. The van der Waals surface area contributed by atoms with Crippen LogP contribution in [0.15, 0.2) is 10.6 Å². The van der Waals surface area contributed by atoms with Crippen LogP contribution in [0.3, 0.4) is 0 Å². The Morgan fingerprint density at radius 3 is 3.08 bits per heavy atom. The van der Waals surface area contributed by atoms with E-state index < -0.39 is 0 Å². The molecule has 12 heavy (non-hydrogen) atoms. The minimum Gasteiger partial charge on any atom is -0.283 e. The average molecular weight is 205 g/mol.